The van der Waals surface area contributed by atoms with Gasteiger partial charge in [0.05, 0.1) is 29.3 Å². The number of nitrogens with zero attached hydrogens (tertiary/aromatic N) is 2. The highest BCUT2D eigenvalue weighted by Gasteiger charge is 2.48. The number of rotatable bonds is 5. The van der Waals surface area contributed by atoms with Crippen LogP contribution < -0.4 is 9.64 Å². The Bertz CT molecular complexity index is 1250. The molecule has 8 heteroatoms. The summed E-state index contributed by atoms with van der Waals surface area (Å²) < 4.78 is 5.38. The largest absolute Gasteiger partial charge is 0.507 e. The number of Topliss-reactive ketones (excluding diaryl/α,β-unsaturated/α-hetero) is 1. The molecular formula is C24H18N2O6. The molecule has 1 heterocycles. The standard InChI is InChI=1S/C24H18N2O6/c1-32-19-13-6-5-12-18(19)25-21(16-10-7-11-17(14-16)26(30)31)20(23(28)24(25)29)22(27)15-8-3-2-4-9-15/h2-14,21,27H,1H3/b22-20+. The summed E-state index contributed by atoms with van der Waals surface area (Å²) in [5, 5.41) is 22.4. The molecule has 1 unspecified atom stereocenters. The number of aliphatic hydroxyl groups excluding tert-OH is 1. The van der Waals surface area contributed by atoms with Crippen LogP contribution in [-0.4, -0.2) is 28.8 Å². The molecule has 1 amide bonds. The van der Waals surface area contributed by atoms with Crippen molar-refractivity contribution in [2.75, 3.05) is 12.0 Å². The quantitative estimate of drug-likeness (QED) is 0.213. The number of aliphatic hydroxyl groups is 1. The molecule has 160 valence electrons. The van der Waals surface area contributed by atoms with Crippen LogP contribution in [0.15, 0.2) is 84.4 Å². The lowest BCUT2D eigenvalue weighted by Gasteiger charge is -2.26. The van der Waals surface area contributed by atoms with E-state index in [9.17, 15) is 24.8 Å². The molecule has 0 spiro atoms. The highest BCUT2D eigenvalue weighted by atomic mass is 16.6. The van der Waals surface area contributed by atoms with Gasteiger partial charge in [-0.05, 0) is 17.7 Å². The molecule has 1 aliphatic heterocycles. The van der Waals surface area contributed by atoms with E-state index in [1.165, 1.54) is 30.2 Å². The van der Waals surface area contributed by atoms with E-state index in [4.69, 9.17) is 4.74 Å². The smallest absolute Gasteiger partial charge is 0.300 e. The minimum atomic E-state index is -1.09. The van der Waals surface area contributed by atoms with Gasteiger partial charge in [-0.3, -0.25) is 24.6 Å². The van der Waals surface area contributed by atoms with Gasteiger partial charge in [-0.1, -0.05) is 54.6 Å². The van der Waals surface area contributed by atoms with Gasteiger partial charge in [0.2, 0.25) is 0 Å². The van der Waals surface area contributed by atoms with E-state index in [0.29, 0.717) is 22.6 Å². The van der Waals surface area contributed by atoms with Gasteiger partial charge in [-0.15, -0.1) is 0 Å². The number of benzene rings is 3. The number of carbonyl (C=O) groups is 2. The number of ketones is 1. The van der Waals surface area contributed by atoms with Crippen LogP contribution in [0.5, 0.6) is 5.75 Å². The molecule has 1 N–H and O–H groups in total. The molecule has 8 nitrogen and oxygen atoms in total. The molecule has 0 aromatic heterocycles. The molecule has 0 saturated carbocycles. The van der Waals surface area contributed by atoms with Crippen LogP contribution >= 0.6 is 0 Å². The van der Waals surface area contributed by atoms with Gasteiger partial charge >= 0.3 is 0 Å². The number of nitro benzene ring substituents is 1. The van der Waals surface area contributed by atoms with E-state index in [1.54, 1.807) is 60.7 Å². The Morgan fingerprint density at radius 2 is 1.69 bits per heavy atom. The molecule has 3 aromatic carbocycles. The summed E-state index contributed by atoms with van der Waals surface area (Å²) in [4.78, 5) is 38.3. The summed E-state index contributed by atoms with van der Waals surface area (Å²) in [5.74, 6) is -1.79. The Morgan fingerprint density at radius 1 is 1.00 bits per heavy atom. The number of anilines is 1. The molecule has 1 aliphatic rings. The Hall–Kier alpha value is -4.46. The lowest BCUT2D eigenvalue weighted by molar-refractivity contribution is -0.384. The van der Waals surface area contributed by atoms with Crippen LogP contribution in [0.2, 0.25) is 0 Å². The zero-order valence-corrected chi connectivity index (χ0v) is 17.0. The van der Waals surface area contributed by atoms with Gasteiger partial charge in [-0.25, -0.2) is 0 Å². The van der Waals surface area contributed by atoms with E-state index >= 15 is 0 Å². The first kappa shape index (κ1) is 20.8. The van der Waals surface area contributed by atoms with Gasteiger partial charge in [0, 0.05) is 17.7 Å². The van der Waals surface area contributed by atoms with Crippen molar-refractivity contribution < 1.29 is 24.4 Å². The molecule has 0 radical (unpaired) electrons. The van der Waals surface area contributed by atoms with E-state index in [2.05, 4.69) is 0 Å². The van der Waals surface area contributed by atoms with Crippen LogP contribution in [0.3, 0.4) is 0 Å². The fourth-order valence-electron chi connectivity index (χ4n) is 3.79. The third-order valence-electron chi connectivity index (χ3n) is 5.23. The van der Waals surface area contributed by atoms with Crippen LogP contribution in [0, 0.1) is 10.1 Å². The van der Waals surface area contributed by atoms with Crippen molar-refractivity contribution in [3.8, 4) is 5.75 Å². The summed E-state index contributed by atoms with van der Waals surface area (Å²) in [6, 6.07) is 19.5. The average molecular weight is 430 g/mol. The minimum Gasteiger partial charge on any atom is -0.507 e. The molecule has 1 fully saturated rings. The number of ether oxygens (including phenoxy) is 1. The molecular weight excluding hydrogens is 412 g/mol. The first-order chi connectivity index (χ1) is 15.4. The number of hydrogen-bond acceptors (Lipinski definition) is 6. The van der Waals surface area contributed by atoms with Crippen molar-refractivity contribution in [3.63, 3.8) is 0 Å². The average Bonchev–Trinajstić information content (AvgIpc) is 3.09. The highest BCUT2D eigenvalue weighted by molar-refractivity contribution is 6.51. The van der Waals surface area contributed by atoms with Crippen molar-refractivity contribution in [1.29, 1.82) is 0 Å². The molecule has 32 heavy (non-hydrogen) atoms. The fraction of sp³-hybridized carbons (Fsp3) is 0.0833. The molecule has 4 rings (SSSR count). The van der Waals surface area contributed by atoms with Gasteiger partial charge in [-0.2, -0.15) is 0 Å². The molecule has 3 aromatic rings. The van der Waals surface area contributed by atoms with Crippen molar-refractivity contribution in [3.05, 3.63) is 106 Å². The third kappa shape index (κ3) is 3.47. The van der Waals surface area contributed by atoms with Gasteiger partial charge in [0.15, 0.2) is 0 Å². The lowest BCUT2D eigenvalue weighted by atomic mass is 9.94. The van der Waals surface area contributed by atoms with Gasteiger partial charge in [0.25, 0.3) is 17.4 Å². The minimum absolute atomic E-state index is 0.160. The normalized spacial score (nSPS) is 17.4. The molecule has 1 saturated heterocycles. The summed E-state index contributed by atoms with van der Waals surface area (Å²) in [5.41, 5.74) is 0.601. The maximum Gasteiger partial charge on any atom is 0.300 e. The van der Waals surface area contributed by atoms with E-state index in [0.717, 1.165) is 0 Å². The third-order valence-corrected chi connectivity index (χ3v) is 5.23. The van der Waals surface area contributed by atoms with Crippen LogP contribution in [-0.2, 0) is 9.59 Å². The van der Waals surface area contributed by atoms with Crippen molar-refractivity contribution in [1.82, 2.24) is 0 Å². The maximum atomic E-state index is 13.2. The number of methoxy groups -OCH3 is 1. The van der Waals surface area contributed by atoms with Crippen molar-refractivity contribution >= 4 is 28.8 Å². The zero-order chi connectivity index (χ0) is 22.8. The number of amides is 1. The Labute approximate surface area is 183 Å². The van der Waals surface area contributed by atoms with E-state index < -0.39 is 22.7 Å². The monoisotopic (exact) mass is 430 g/mol. The second-order valence-electron chi connectivity index (χ2n) is 7.06. The number of hydrogen-bond donors (Lipinski definition) is 1. The van der Waals surface area contributed by atoms with Crippen molar-refractivity contribution in [2.45, 2.75) is 6.04 Å². The number of carbonyl (C=O) groups excluding carboxylic acids is 2. The predicted molar refractivity (Wildman–Crippen MR) is 117 cm³/mol. The fourth-order valence-corrected chi connectivity index (χ4v) is 3.79. The summed E-state index contributed by atoms with van der Waals surface area (Å²) in [6.07, 6.45) is 0. The second-order valence-corrected chi connectivity index (χ2v) is 7.06. The summed E-state index contributed by atoms with van der Waals surface area (Å²) >= 11 is 0. The van der Waals surface area contributed by atoms with E-state index in [1.807, 2.05) is 0 Å². The van der Waals surface area contributed by atoms with Crippen molar-refractivity contribution in [2.24, 2.45) is 0 Å². The molecule has 0 bridgehead atoms. The topological polar surface area (TPSA) is 110 Å². The predicted octanol–water partition coefficient (Wildman–Crippen LogP) is 4.23. The first-order valence-electron chi connectivity index (χ1n) is 9.68. The first-order valence-corrected chi connectivity index (χ1v) is 9.68. The lowest BCUT2D eigenvalue weighted by Crippen LogP contribution is -2.29. The zero-order valence-electron chi connectivity index (χ0n) is 17.0. The Kier molecular flexibility index (Phi) is 5.43. The van der Waals surface area contributed by atoms with Crippen LogP contribution in [0.4, 0.5) is 11.4 Å². The Morgan fingerprint density at radius 3 is 2.38 bits per heavy atom. The van der Waals surface area contributed by atoms with Crippen LogP contribution in [0.25, 0.3) is 5.76 Å². The van der Waals surface area contributed by atoms with Crippen LogP contribution in [0.1, 0.15) is 17.2 Å². The second kappa shape index (κ2) is 8.35. The van der Waals surface area contributed by atoms with E-state index in [-0.39, 0.29) is 17.0 Å². The van der Waals surface area contributed by atoms with Gasteiger partial charge in [0.1, 0.15) is 11.5 Å². The van der Waals surface area contributed by atoms with Gasteiger partial charge < -0.3 is 9.84 Å². The molecule has 0 aliphatic carbocycles. The summed E-state index contributed by atoms with van der Waals surface area (Å²) in [7, 11) is 1.43. The number of nitro groups is 1. The summed E-state index contributed by atoms with van der Waals surface area (Å²) in [6.45, 7) is 0. The molecule has 1 atom stereocenters. The maximum absolute atomic E-state index is 13.2. The number of para-hydroxylation sites is 2. The highest BCUT2D eigenvalue weighted by Crippen LogP contribution is 2.45. The SMILES string of the molecule is COc1ccccc1N1C(=O)C(=O)/C(=C(/O)c2ccccc2)C1c1cccc([N+](=O)[O-])c1. The number of non-ortho nitro benzene ring substituents is 1. The Balaban J connectivity index is 2.00.